The second-order valence-corrected chi connectivity index (χ2v) is 7.50. The highest BCUT2D eigenvalue weighted by Crippen LogP contribution is 2.30. The van der Waals surface area contributed by atoms with E-state index in [0.29, 0.717) is 58.7 Å². The van der Waals surface area contributed by atoms with Crippen LogP contribution in [0.1, 0.15) is 11.1 Å². The Morgan fingerprint density at radius 3 is 2.86 bits per heavy atom. The van der Waals surface area contributed by atoms with E-state index < -0.39 is 0 Å². The van der Waals surface area contributed by atoms with Crippen LogP contribution in [-0.4, -0.2) is 61.4 Å². The van der Waals surface area contributed by atoms with Crippen LogP contribution in [0.4, 0.5) is 0 Å². The number of nitrogens with zero attached hydrogens (tertiary/aromatic N) is 2. The first kappa shape index (κ1) is 18.7. The maximum Gasteiger partial charge on any atom is 0.351 e. The maximum absolute atomic E-state index is 12.5. The molecule has 0 amide bonds. The predicted molar refractivity (Wildman–Crippen MR) is 103 cm³/mol. The van der Waals surface area contributed by atoms with E-state index in [9.17, 15) is 4.79 Å². The molecule has 2 saturated heterocycles. The quantitative estimate of drug-likeness (QED) is 0.720. The average molecular weight is 400 g/mol. The van der Waals surface area contributed by atoms with Crippen molar-refractivity contribution in [3.8, 4) is 17.1 Å². The molecule has 1 aromatic carbocycles. The number of fused-ring (bicyclic) bond motifs is 3. The van der Waals surface area contributed by atoms with Gasteiger partial charge in [0.25, 0.3) is 0 Å². The molecule has 0 radical (unpaired) electrons. The van der Waals surface area contributed by atoms with Crippen LogP contribution in [0.3, 0.4) is 0 Å². The smallest absolute Gasteiger partial charge is 0.351 e. The second-order valence-electron chi connectivity index (χ2n) is 7.50. The van der Waals surface area contributed by atoms with Crippen molar-refractivity contribution < 1.29 is 23.7 Å². The van der Waals surface area contributed by atoms with E-state index in [0.717, 1.165) is 23.2 Å². The molecular weight excluding hydrogens is 376 g/mol. The minimum atomic E-state index is -0.290. The normalized spacial score (nSPS) is 21.2. The third-order valence-corrected chi connectivity index (χ3v) is 5.43. The largest absolute Gasteiger partial charge is 0.475 e. The molecule has 1 aromatic heterocycles. The Hall–Kier alpha value is -2.26. The Kier molecular flexibility index (Phi) is 5.32. The molecule has 2 aromatic rings. The molecule has 0 N–H and O–H groups in total. The van der Waals surface area contributed by atoms with Crippen molar-refractivity contribution in [2.45, 2.75) is 31.8 Å². The van der Waals surface area contributed by atoms with Crippen LogP contribution in [0.15, 0.2) is 29.1 Å². The molecule has 5 rings (SSSR count). The number of hydrogen-bond donors (Lipinski definition) is 0. The van der Waals surface area contributed by atoms with Gasteiger partial charge in [-0.2, -0.15) is 4.98 Å². The van der Waals surface area contributed by atoms with Gasteiger partial charge in [-0.3, -0.25) is 4.57 Å². The van der Waals surface area contributed by atoms with Gasteiger partial charge in [-0.25, -0.2) is 4.79 Å². The molecule has 0 saturated carbocycles. The van der Waals surface area contributed by atoms with Crippen molar-refractivity contribution in [2.24, 2.45) is 0 Å². The van der Waals surface area contributed by atoms with Crippen LogP contribution in [0.2, 0.25) is 0 Å². The number of benzene rings is 1. The van der Waals surface area contributed by atoms with Gasteiger partial charge in [0.2, 0.25) is 5.88 Å². The summed E-state index contributed by atoms with van der Waals surface area (Å²) in [6.45, 7) is 4.49. The van der Waals surface area contributed by atoms with E-state index in [4.69, 9.17) is 23.7 Å². The van der Waals surface area contributed by atoms with Gasteiger partial charge in [0, 0.05) is 18.2 Å². The van der Waals surface area contributed by atoms with Gasteiger partial charge < -0.3 is 23.7 Å². The van der Waals surface area contributed by atoms with Crippen LogP contribution in [0, 0.1) is 0 Å². The number of rotatable bonds is 6. The summed E-state index contributed by atoms with van der Waals surface area (Å²) in [5.41, 5.74) is 3.92. The highest BCUT2D eigenvalue weighted by Gasteiger charge is 2.22. The summed E-state index contributed by atoms with van der Waals surface area (Å²) in [5, 5.41) is 0. The van der Waals surface area contributed by atoms with Gasteiger partial charge in [-0.05, 0) is 17.5 Å². The summed E-state index contributed by atoms with van der Waals surface area (Å²) in [6, 6.07) is 8.10. The molecule has 1 unspecified atom stereocenters. The number of aryl methyl sites for hydroxylation is 1. The summed E-state index contributed by atoms with van der Waals surface area (Å²) in [4.78, 5) is 16.6. The third kappa shape index (κ3) is 4.06. The van der Waals surface area contributed by atoms with E-state index in [2.05, 4.69) is 17.1 Å². The zero-order chi connectivity index (χ0) is 19.6. The first-order valence-electron chi connectivity index (χ1n) is 10.0. The lowest BCUT2D eigenvalue weighted by Crippen LogP contribution is -2.35. The SMILES string of the molecule is O=c1nc(OCC2COCCO2)cc2n1CCc1cc(COC3COC3)ccc1-2. The van der Waals surface area contributed by atoms with Crippen molar-refractivity contribution in [3.63, 3.8) is 0 Å². The minimum Gasteiger partial charge on any atom is -0.475 e. The van der Waals surface area contributed by atoms with E-state index in [-0.39, 0.29) is 17.9 Å². The summed E-state index contributed by atoms with van der Waals surface area (Å²) in [6.07, 6.45) is 0.854. The standard InChI is InChI=1S/C21H24N2O6/c24-21-22-20(29-13-17-10-25-5-6-27-17)8-19-18-2-1-14(9-28-16-11-26-12-16)7-15(18)3-4-23(19)21/h1-2,7-8,16-17H,3-6,9-13H2. The summed E-state index contributed by atoms with van der Waals surface area (Å²) >= 11 is 0. The van der Waals surface area contributed by atoms with E-state index in [1.165, 1.54) is 5.56 Å². The Morgan fingerprint density at radius 1 is 1.14 bits per heavy atom. The summed E-state index contributed by atoms with van der Waals surface area (Å²) in [5.74, 6) is 0.320. The van der Waals surface area contributed by atoms with Crippen LogP contribution >= 0.6 is 0 Å². The van der Waals surface area contributed by atoms with Gasteiger partial charge in [-0.1, -0.05) is 18.2 Å². The lowest BCUT2D eigenvalue weighted by Gasteiger charge is -2.26. The first-order chi connectivity index (χ1) is 14.3. The monoisotopic (exact) mass is 400 g/mol. The number of ether oxygens (including phenoxy) is 5. The molecule has 8 nitrogen and oxygen atoms in total. The van der Waals surface area contributed by atoms with Crippen molar-refractivity contribution in [1.82, 2.24) is 9.55 Å². The third-order valence-electron chi connectivity index (χ3n) is 5.43. The van der Waals surface area contributed by atoms with Crippen molar-refractivity contribution in [1.29, 1.82) is 0 Å². The Labute approximate surface area is 168 Å². The van der Waals surface area contributed by atoms with Crippen LogP contribution in [0.5, 0.6) is 5.88 Å². The van der Waals surface area contributed by atoms with Crippen LogP contribution in [-0.2, 0) is 38.5 Å². The van der Waals surface area contributed by atoms with Gasteiger partial charge in [0.05, 0.1) is 45.3 Å². The molecule has 29 heavy (non-hydrogen) atoms. The fourth-order valence-corrected chi connectivity index (χ4v) is 3.76. The molecule has 3 aliphatic heterocycles. The molecule has 8 heteroatoms. The number of aromatic nitrogens is 2. The molecule has 4 heterocycles. The first-order valence-corrected chi connectivity index (χ1v) is 10.0. The minimum absolute atomic E-state index is 0.139. The van der Waals surface area contributed by atoms with Gasteiger partial charge in [-0.15, -0.1) is 0 Å². The summed E-state index contributed by atoms with van der Waals surface area (Å²) < 4.78 is 29.4. The highest BCUT2D eigenvalue weighted by molar-refractivity contribution is 5.67. The molecule has 3 aliphatic rings. The van der Waals surface area contributed by atoms with Gasteiger partial charge >= 0.3 is 5.69 Å². The van der Waals surface area contributed by atoms with Crippen molar-refractivity contribution >= 4 is 0 Å². The summed E-state index contributed by atoms with van der Waals surface area (Å²) in [7, 11) is 0. The Morgan fingerprint density at radius 2 is 2.07 bits per heavy atom. The molecule has 154 valence electrons. The molecule has 0 bridgehead atoms. The van der Waals surface area contributed by atoms with Crippen molar-refractivity contribution in [2.75, 3.05) is 39.6 Å². The van der Waals surface area contributed by atoms with E-state index in [1.807, 2.05) is 12.1 Å². The number of hydrogen-bond acceptors (Lipinski definition) is 7. The molecule has 1 atom stereocenters. The molecular formula is C21H24N2O6. The van der Waals surface area contributed by atoms with Crippen LogP contribution < -0.4 is 10.4 Å². The molecule has 0 aliphatic carbocycles. The molecule has 0 spiro atoms. The van der Waals surface area contributed by atoms with E-state index >= 15 is 0 Å². The Bertz CT molecular complexity index is 933. The fourth-order valence-electron chi connectivity index (χ4n) is 3.76. The lowest BCUT2D eigenvalue weighted by atomic mass is 9.96. The van der Waals surface area contributed by atoms with Gasteiger partial charge in [0.1, 0.15) is 18.8 Å². The topological polar surface area (TPSA) is 81.0 Å². The molecule has 2 fully saturated rings. The Balaban J connectivity index is 1.34. The van der Waals surface area contributed by atoms with Crippen molar-refractivity contribution in [3.05, 3.63) is 45.9 Å². The fraction of sp³-hybridized carbons (Fsp3) is 0.524. The van der Waals surface area contributed by atoms with Gasteiger partial charge in [0.15, 0.2) is 0 Å². The zero-order valence-electron chi connectivity index (χ0n) is 16.2. The predicted octanol–water partition coefficient (Wildman–Crippen LogP) is 1.18. The average Bonchev–Trinajstić information content (AvgIpc) is 2.71. The van der Waals surface area contributed by atoms with Crippen LogP contribution in [0.25, 0.3) is 11.3 Å². The second kappa shape index (κ2) is 8.23. The lowest BCUT2D eigenvalue weighted by molar-refractivity contribution is -0.135. The zero-order valence-corrected chi connectivity index (χ0v) is 16.2. The highest BCUT2D eigenvalue weighted by atomic mass is 16.6. The maximum atomic E-state index is 12.5. The van der Waals surface area contributed by atoms with E-state index in [1.54, 1.807) is 4.57 Å².